The molecule has 0 saturated carbocycles. The number of rotatable bonds is 1. The van der Waals surface area contributed by atoms with Gasteiger partial charge in [0.25, 0.3) is 0 Å². The number of Topliss-reactive ketones (excluding diaryl/α,β-unsaturated/α-hetero) is 1. The molecular weight excluding hydrogens is 304 g/mol. The Morgan fingerprint density at radius 3 is 1.04 bits per heavy atom. The number of carbonyl (C=O) groups excluding carboxylic acids is 1. The molecule has 0 amide bonds. The normalized spacial score (nSPS) is 7.96. The molecule has 0 N–H and O–H groups in total. The molecule has 0 aliphatic heterocycles. The Bertz CT molecular complexity index is 592. The molecule has 0 aliphatic carbocycles. The second kappa shape index (κ2) is 17.9. The van der Waals surface area contributed by atoms with Gasteiger partial charge in [-0.15, -0.1) is 0 Å². The molecule has 136 valence electrons. The van der Waals surface area contributed by atoms with E-state index >= 15 is 0 Å². The van der Waals surface area contributed by atoms with Crippen molar-refractivity contribution in [3.63, 3.8) is 0 Å². The molecule has 0 atom stereocenters. The third kappa shape index (κ3) is 10.9. The summed E-state index contributed by atoms with van der Waals surface area (Å²) in [4.78, 5) is 10.6. The smallest absolute Gasteiger partial charge is 0.159 e. The first-order valence-electron chi connectivity index (χ1n) is 9.27. The minimum absolute atomic E-state index is 0.121. The summed E-state index contributed by atoms with van der Waals surface area (Å²) in [5.41, 5.74) is 0.775. The summed E-state index contributed by atoms with van der Waals surface area (Å²) >= 11 is 0. The van der Waals surface area contributed by atoms with Gasteiger partial charge in [0.15, 0.2) is 5.78 Å². The van der Waals surface area contributed by atoms with Crippen LogP contribution >= 0.6 is 0 Å². The maximum atomic E-state index is 10.6. The van der Waals surface area contributed by atoms with Gasteiger partial charge < -0.3 is 0 Å². The molecule has 0 radical (unpaired) electrons. The molecule has 0 heterocycles. The van der Waals surface area contributed by atoms with Gasteiger partial charge in [-0.1, -0.05) is 120 Å². The summed E-state index contributed by atoms with van der Waals surface area (Å²) in [5.74, 6) is 0.121. The standard InChI is InChI=1S/C10H8.C8H8O.3C2H6/c1-2-6-10-8-4-3-7-9(10)5-1;1-7(9)8-5-3-2-4-6-8;3*1-2/h1-8H;2-6H,1H3;3*1-2H3. The van der Waals surface area contributed by atoms with Crippen LogP contribution in [0, 0.1) is 0 Å². The molecule has 3 rings (SSSR count). The van der Waals surface area contributed by atoms with Crippen LogP contribution in [0.1, 0.15) is 58.8 Å². The molecule has 3 aromatic rings. The van der Waals surface area contributed by atoms with Crippen molar-refractivity contribution < 1.29 is 4.79 Å². The number of hydrogen-bond donors (Lipinski definition) is 0. The first-order valence-corrected chi connectivity index (χ1v) is 9.27. The van der Waals surface area contributed by atoms with Crippen LogP contribution in [0.3, 0.4) is 0 Å². The maximum absolute atomic E-state index is 10.6. The van der Waals surface area contributed by atoms with E-state index in [1.807, 2.05) is 71.9 Å². The van der Waals surface area contributed by atoms with Crippen molar-refractivity contribution in [2.75, 3.05) is 0 Å². The minimum Gasteiger partial charge on any atom is -0.295 e. The molecule has 1 nitrogen and oxygen atoms in total. The number of hydrogen-bond acceptors (Lipinski definition) is 1. The van der Waals surface area contributed by atoms with Crippen LogP contribution in [0.5, 0.6) is 0 Å². The van der Waals surface area contributed by atoms with Crippen molar-refractivity contribution in [1.82, 2.24) is 0 Å². The minimum atomic E-state index is 0.121. The summed E-state index contributed by atoms with van der Waals surface area (Å²) in [6.07, 6.45) is 0. The Morgan fingerprint density at radius 1 is 0.520 bits per heavy atom. The van der Waals surface area contributed by atoms with Crippen LogP contribution in [-0.2, 0) is 0 Å². The van der Waals surface area contributed by atoms with Crippen LogP contribution in [0.2, 0.25) is 0 Å². The van der Waals surface area contributed by atoms with Crippen LogP contribution in [0.4, 0.5) is 0 Å². The summed E-state index contributed by atoms with van der Waals surface area (Å²) in [5, 5.41) is 2.62. The predicted octanol–water partition coefficient (Wildman–Crippen LogP) is 7.81. The van der Waals surface area contributed by atoms with Gasteiger partial charge in [0.2, 0.25) is 0 Å². The molecule has 0 aliphatic rings. The van der Waals surface area contributed by atoms with Crippen molar-refractivity contribution in [3.8, 4) is 0 Å². The van der Waals surface area contributed by atoms with Crippen LogP contribution in [0.25, 0.3) is 10.8 Å². The van der Waals surface area contributed by atoms with Crippen molar-refractivity contribution in [2.45, 2.75) is 48.5 Å². The van der Waals surface area contributed by atoms with Gasteiger partial charge in [0, 0.05) is 5.56 Å². The molecule has 0 spiro atoms. The average Bonchev–Trinajstić information content (AvgIpc) is 2.74. The highest BCUT2D eigenvalue weighted by molar-refractivity contribution is 5.93. The van der Waals surface area contributed by atoms with Gasteiger partial charge in [0.05, 0.1) is 0 Å². The van der Waals surface area contributed by atoms with E-state index in [0.717, 1.165) is 5.56 Å². The highest BCUT2D eigenvalue weighted by Crippen LogP contribution is 2.11. The van der Waals surface area contributed by atoms with Gasteiger partial charge in [-0.25, -0.2) is 0 Å². The summed E-state index contributed by atoms with van der Waals surface area (Å²) < 4.78 is 0. The highest BCUT2D eigenvalue weighted by atomic mass is 16.1. The molecule has 0 unspecified atom stereocenters. The Balaban J connectivity index is 0. The lowest BCUT2D eigenvalue weighted by molar-refractivity contribution is 0.101. The van der Waals surface area contributed by atoms with E-state index < -0.39 is 0 Å². The Kier molecular flexibility index (Phi) is 17.8. The summed E-state index contributed by atoms with van der Waals surface area (Å²) in [6.45, 7) is 13.6. The van der Waals surface area contributed by atoms with Crippen molar-refractivity contribution in [3.05, 3.63) is 84.4 Å². The van der Waals surface area contributed by atoms with Gasteiger partial charge in [-0.3, -0.25) is 4.79 Å². The fourth-order valence-electron chi connectivity index (χ4n) is 1.81. The first-order chi connectivity index (χ1) is 12.3. The quantitative estimate of drug-likeness (QED) is 0.413. The second-order valence-corrected chi connectivity index (χ2v) is 4.27. The van der Waals surface area contributed by atoms with E-state index in [9.17, 15) is 4.79 Å². The zero-order valence-electron chi connectivity index (χ0n) is 16.9. The van der Waals surface area contributed by atoms with Gasteiger partial charge in [0.1, 0.15) is 0 Å². The number of ketones is 1. The van der Waals surface area contributed by atoms with Gasteiger partial charge in [-0.05, 0) is 17.7 Å². The van der Waals surface area contributed by atoms with Gasteiger partial charge in [-0.2, -0.15) is 0 Å². The fourth-order valence-corrected chi connectivity index (χ4v) is 1.81. The molecule has 25 heavy (non-hydrogen) atoms. The van der Waals surface area contributed by atoms with Crippen molar-refractivity contribution in [1.29, 1.82) is 0 Å². The van der Waals surface area contributed by atoms with Crippen LogP contribution < -0.4 is 0 Å². The first kappa shape index (κ1) is 24.8. The third-order valence-corrected chi connectivity index (χ3v) is 2.84. The zero-order chi connectivity index (χ0) is 19.5. The lowest BCUT2D eigenvalue weighted by atomic mass is 10.1. The molecule has 0 saturated heterocycles. The van der Waals surface area contributed by atoms with E-state index in [-0.39, 0.29) is 5.78 Å². The largest absolute Gasteiger partial charge is 0.295 e. The van der Waals surface area contributed by atoms with Crippen molar-refractivity contribution >= 4 is 16.6 Å². The Hall–Kier alpha value is -2.41. The lowest BCUT2D eigenvalue weighted by Gasteiger charge is -1.92. The average molecular weight is 339 g/mol. The third-order valence-electron chi connectivity index (χ3n) is 2.84. The van der Waals surface area contributed by atoms with E-state index in [4.69, 9.17) is 0 Å². The molecule has 0 aromatic heterocycles. The molecule has 0 bridgehead atoms. The Morgan fingerprint density at radius 2 is 0.800 bits per heavy atom. The fraction of sp³-hybridized carbons (Fsp3) is 0.292. The van der Waals surface area contributed by atoms with E-state index in [1.54, 1.807) is 6.92 Å². The van der Waals surface area contributed by atoms with Crippen LogP contribution in [0.15, 0.2) is 78.9 Å². The topological polar surface area (TPSA) is 17.1 Å². The number of carbonyl (C=O) groups is 1. The molecule has 3 aromatic carbocycles. The monoisotopic (exact) mass is 338 g/mol. The lowest BCUT2D eigenvalue weighted by Crippen LogP contribution is -1.88. The van der Waals surface area contributed by atoms with E-state index in [2.05, 4.69) is 48.5 Å². The molecule has 0 fully saturated rings. The van der Waals surface area contributed by atoms with Gasteiger partial charge >= 0.3 is 0 Å². The highest BCUT2D eigenvalue weighted by Gasteiger charge is 1.92. The second-order valence-electron chi connectivity index (χ2n) is 4.27. The molecule has 1 heteroatoms. The Labute approximate surface area is 154 Å². The van der Waals surface area contributed by atoms with Crippen molar-refractivity contribution in [2.24, 2.45) is 0 Å². The van der Waals surface area contributed by atoms with Crippen LogP contribution in [-0.4, -0.2) is 5.78 Å². The zero-order valence-corrected chi connectivity index (χ0v) is 16.9. The number of fused-ring (bicyclic) bond motifs is 1. The maximum Gasteiger partial charge on any atom is 0.159 e. The van der Waals surface area contributed by atoms with E-state index in [1.165, 1.54) is 10.8 Å². The van der Waals surface area contributed by atoms with E-state index in [0.29, 0.717) is 0 Å². The molecular formula is C24H34O. The SMILES string of the molecule is CC.CC.CC.CC(=O)c1ccccc1.c1ccc2ccccc2c1. The summed E-state index contributed by atoms with van der Waals surface area (Å²) in [6, 6.07) is 25.9. The summed E-state index contributed by atoms with van der Waals surface area (Å²) in [7, 11) is 0. The predicted molar refractivity (Wildman–Crippen MR) is 114 cm³/mol. The number of benzene rings is 3.